The molecule has 1 aliphatic heterocycles. The maximum Gasteiger partial charge on any atom is 0.131 e. The smallest absolute Gasteiger partial charge is 0.131 e. The lowest BCUT2D eigenvalue weighted by atomic mass is 9.88. The second-order valence-corrected chi connectivity index (χ2v) is 8.62. The van der Waals surface area contributed by atoms with Crippen molar-refractivity contribution in [2.75, 3.05) is 13.2 Å². The molecule has 1 aliphatic rings. The lowest BCUT2D eigenvalue weighted by Crippen LogP contribution is -2.40. The van der Waals surface area contributed by atoms with Gasteiger partial charge in [0, 0.05) is 10.9 Å². The van der Waals surface area contributed by atoms with Gasteiger partial charge in [0.05, 0.1) is 22.7 Å². The fraction of sp³-hybridized carbons (Fsp3) is 0.360. The van der Waals surface area contributed by atoms with Crippen molar-refractivity contribution in [1.82, 2.24) is 10.3 Å². The first-order chi connectivity index (χ1) is 14.4. The molecule has 30 heavy (non-hydrogen) atoms. The number of nitrogens with zero attached hydrogens (tertiary/aromatic N) is 1. The quantitative estimate of drug-likeness (QED) is 0.614. The van der Waals surface area contributed by atoms with Crippen LogP contribution in [0.25, 0.3) is 10.9 Å². The molecule has 156 valence electrons. The van der Waals surface area contributed by atoms with E-state index >= 15 is 0 Å². The van der Waals surface area contributed by atoms with E-state index in [0.29, 0.717) is 0 Å². The number of aryl methyl sites for hydroxylation is 1. The number of fused-ring (bicyclic) bond motifs is 2. The molecule has 2 N–H and O–H groups in total. The van der Waals surface area contributed by atoms with Gasteiger partial charge in [-0.1, -0.05) is 30.3 Å². The van der Waals surface area contributed by atoms with Gasteiger partial charge in [0.2, 0.25) is 0 Å². The number of benzene rings is 2. The van der Waals surface area contributed by atoms with Crippen LogP contribution in [-0.2, 0) is 16.6 Å². The summed E-state index contributed by atoms with van der Waals surface area (Å²) in [5.41, 5.74) is 4.11. The van der Waals surface area contributed by atoms with Gasteiger partial charge in [-0.2, -0.15) is 0 Å². The number of aromatic nitrogens is 1. The van der Waals surface area contributed by atoms with Gasteiger partial charge < -0.3 is 20.0 Å². The molecule has 1 aromatic heterocycles. The molecule has 5 heteroatoms. The van der Waals surface area contributed by atoms with Crippen LogP contribution >= 0.6 is 0 Å². The van der Waals surface area contributed by atoms with E-state index in [4.69, 9.17) is 9.72 Å². The molecule has 0 radical (unpaired) electrons. The Kier molecular flexibility index (Phi) is 5.58. The summed E-state index contributed by atoms with van der Waals surface area (Å²) in [6.45, 7) is 6.76. The van der Waals surface area contributed by atoms with E-state index in [2.05, 4.69) is 17.4 Å². The second-order valence-electron chi connectivity index (χ2n) is 8.62. The Bertz CT molecular complexity index is 1060. The standard InChI is InChI=1S/C25H28N2O3/c1-16-11-23(25(2,3)15-28)27-20-12-19-22(13-18(16)20)30-14-21(29)24(19)26-10-9-17-7-5-4-6-8-17/h4-8,11-13,15,21,24,26,29H,9-10,14H2,1-3H3. The number of nitrogens with one attached hydrogen (secondary N) is 1. The Hall–Kier alpha value is -2.76. The minimum atomic E-state index is -0.655. The Balaban J connectivity index is 1.67. The van der Waals surface area contributed by atoms with Gasteiger partial charge in [-0.05, 0) is 63.1 Å². The molecule has 2 heterocycles. The fourth-order valence-corrected chi connectivity index (χ4v) is 3.94. The summed E-state index contributed by atoms with van der Waals surface area (Å²) in [5, 5.41) is 15.1. The molecular weight excluding hydrogens is 376 g/mol. The molecular formula is C25H28N2O3. The van der Waals surface area contributed by atoms with Crippen molar-refractivity contribution in [1.29, 1.82) is 0 Å². The molecule has 0 spiro atoms. The molecule has 0 fully saturated rings. The first-order valence-corrected chi connectivity index (χ1v) is 10.4. The van der Waals surface area contributed by atoms with Crippen LogP contribution in [0.4, 0.5) is 0 Å². The average molecular weight is 405 g/mol. The minimum Gasteiger partial charge on any atom is -0.490 e. The van der Waals surface area contributed by atoms with Crippen molar-refractivity contribution in [3.05, 3.63) is 70.9 Å². The number of aliphatic hydroxyl groups excluding tert-OH is 1. The van der Waals surface area contributed by atoms with Gasteiger partial charge in [0.25, 0.3) is 0 Å². The topological polar surface area (TPSA) is 71.5 Å². The van der Waals surface area contributed by atoms with Crippen LogP contribution < -0.4 is 10.1 Å². The minimum absolute atomic E-state index is 0.230. The SMILES string of the molecule is Cc1cc(C(C)(C)C=O)nc2cc3c(cc12)OCC(O)C3NCCc1ccccc1. The van der Waals surface area contributed by atoms with Crippen molar-refractivity contribution in [3.63, 3.8) is 0 Å². The zero-order valence-electron chi connectivity index (χ0n) is 17.7. The van der Waals surface area contributed by atoms with Crippen LogP contribution in [0.5, 0.6) is 5.75 Å². The number of rotatable bonds is 6. The number of hydrogen-bond donors (Lipinski definition) is 2. The molecule has 2 unspecified atom stereocenters. The molecule has 0 bridgehead atoms. The molecule has 3 aromatic rings. The molecule has 0 aliphatic carbocycles. The van der Waals surface area contributed by atoms with E-state index < -0.39 is 11.5 Å². The maximum atomic E-state index is 11.5. The molecule has 4 rings (SSSR count). The van der Waals surface area contributed by atoms with E-state index in [1.807, 2.05) is 57.2 Å². The van der Waals surface area contributed by atoms with E-state index in [0.717, 1.165) is 52.7 Å². The van der Waals surface area contributed by atoms with Gasteiger partial charge in [0.1, 0.15) is 24.7 Å². The Morgan fingerprint density at radius 1 is 1.23 bits per heavy atom. The summed E-state index contributed by atoms with van der Waals surface area (Å²) in [6.07, 6.45) is 1.17. The number of pyridine rings is 1. The molecule has 0 amide bonds. The predicted octanol–water partition coefficient (Wildman–Crippen LogP) is 3.65. The van der Waals surface area contributed by atoms with Crippen molar-refractivity contribution in [2.24, 2.45) is 0 Å². The zero-order chi connectivity index (χ0) is 21.3. The Morgan fingerprint density at radius 3 is 2.73 bits per heavy atom. The van der Waals surface area contributed by atoms with E-state index in [1.54, 1.807) is 0 Å². The van der Waals surface area contributed by atoms with Crippen molar-refractivity contribution >= 4 is 17.2 Å². The van der Waals surface area contributed by atoms with Crippen molar-refractivity contribution in [3.8, 4) is 5.75 Å². The molecule has 2 aromatic carbocycles. The summed E-state index contributed by atoms with van der Waals surface area (Å²) in [7, 11) is 0. The van der Waals surface area contributed by atoms with Gasteiger partial charge in [-0.15, -0.1) is 0 Å². The van der Waals surface area contributed by atoms with Gasteiger partial charge in [0.15, 0.2) is 0 Å². The predicted molar refractivity (Wildman–Crippen MR) is 118 cm³/mol. The van der Waals surface area contributed by atoms with E-state index in [9.17, 15) is 9.90 Å². The monoisotopic (exact) mass is 404 g/mol. The second kappa shape index (κ2) is 8.17. The molecule has 0 saturated carbocycles. The number of aliphatic hydroxyl groups is 1. The highest BCUT2D eigenvalue weighted by Crippen LogP contribution is 2.37. The van der Waals surface area contributed by atoms with Crippen LogP contribution in [0.3, 0.4) is 0 Å². The molecule has 0 saturated heterocycles. The average Bonchev–Trinajstić information content (AvgIpc) is 2.75. The van der Waals surface area contributed by atoms with Crippen LogP contribution in [-0.4, -0.2) is 35.6 Å². The number of hydrogen-bond acceptors (Lipinski definition) is 5. The zero-order valence-corrected chi connectivity index (χ0v) is 17.7. The van der Waals surface area contributed by atoms with Crippen LogP contribution in [0, 0.1) is 6.92 Å². The number of carbonyl (C=O) groups excluding carboxylic acids is 1. The Labute approximate surface area is 177 Å². The van der Waals surface area contributed by atoms with Crippen molar-refractivity contribution < 1.29 is 14.6 Å². The third kappa shape index (κ3) is 3.95. The van der Waals surface area contributed by atoms with Gasteiger partial charge in [-0.25, -0.2) is 0 Å². The Morgan fingerprint density at radius 2 is 2.00 bits per heavy atom. The summed E-state index contributed by atoms with van der Waals surface area (Å²) in [5.74, 6) is 0.775. The van der Waals surface area contributed by atoms with Gasteiger partial charge >= 0.3 is 0 Å². The summed E-state index contributed by atoms with van der Waals surface area (Å²) in [4.78, 5) is 16.3. The van der Waals surface area contributed by atoms with Crippen LogP contribution in [0.15, 0.2) is 48.5 Å². The number of ether oxygens (including phenoxy) is 1. The van der Waals surface area contributed by atoms with E-state index in [-0.39, 0.29) is 12.6 Å². The summed E-state index contributed by atoms with van der Waals surface area (Å²) < 4.78 is 5.84. The summed E-state index contributed by atoms with van der Waals surface area (Å²) in [6, 6.07) is 16.0. The number of carbonyl (C=O) groups is 1. The maximum absolute atomic E-state index is 11.5. The third-order valence-corrected chi connectivity index (χ3v) is 5.85. The third-order valence-electron chi connectivity index (χ3n) is 5.85. The van der Waals surface area contributed by atoms with Crippen molar-refractivity contribution in [2.45, 2.75) is 44.8 Å². The largest absolute Gasteiger partial charge is 0.490 e. The highest BCUT2D eigenvalue weighted by molar-refractivity contribution is 5.86. The van der Waals surface area contributed by atoms with E-state index in [1.165, 1.54) is 5.56 Å². The first kappa shape index (κ1) is 20.5. The van der Waals surface area contributed by atoms with Crippen LogP contribution in [0.1, 0.15) is 42.3 Å². The lowest BCUT2D eigenvalue weighted by molar-refractivity contribution is -0.111. The first-order valence-electron chi connectivity index (χ1n) is 10.4. The van der Waals surface area contributed by atoms with Crippen LogP contribution in [0.2, 0.25) is 0 Å². The molecule has 2 atom stereocenters. The highest BCUT2D eigenvalue weighted by atomic mass is 16.5. The highest BCUT2D eigenvalue weighted by Gasteiger charge is 2.30. The number of aldehydes is 1. The van der Waals surface area contributed by atoms with Gasteiger partial charge in [-0.3, -0.25) is 4.98 Å². The lowest BCUT2D eigenvalue weighted by Gasteiger charge is -2.32. The molecule has 5 nitrogen and oxygen atoms in total. The normalized spacial score (nSPS) is 18.7. The summed E-state index contributed by atoms with van der Waals surface area (Å²) >= 11 is 0. The fourth-order valence-electron chi connectivity index (χ4n) is 3.94.